The van der Waals surface area contributed by atoms with Gasteiger partial charge in [0.15, 0.2) is 0 Å². The second-order valence-electron chi connectivity index (χ2n) is 7.28. The number of nitrogens with zero attached hydrogens (tertiary/aromatic N) is 2. The third-order valence-corrected chi connectivity index (χ3v) is 6.42. The maximum atomic E-state index is 12.3. The molecule has 1 amide bonds. The molecule has 7 heteroatoms. The number of rotatable bonds is 5. The first-order valence-corrected chi connectivity index (χ1v) is 10.6. The minimum atomic E-state index is -3.12. The van der Waals surface area contributed by atoms with Crippen LogP contribution in [-0.4, -0.2) is 68.6 Å². The molecule has 2 aliphatic heterocycles. The maximum Gasteiger partial charge on any atom is 0.223 e. The highest BCUT2D eigenvalue weighted by molar-refractivity contribution is 7.88. The molecule has 0 spiro atoms. The minimum absolute atomic E-state index is 0.111. The molecule has 2 saturated heterocycles. The van der Waals surface area contributed by atoms with Gasteiger partial charge in [-0.2, -0.15) is 0 Å². The maximum absolute atomic E-state index is 12.3. The van der Waals surface area contributed by atoms with Crippen LogP contribution in [0.5, 0.6) is 0 Å². The molecule has 0 unspecified atom stereocenters. The molecule has 1 atom stereocenters. The Balaban J connectivity index is 1.74. The van der Waals surface area contributed by atoms with Crippen LogP contribution in [0.25, 0.3) is 0 Å². The van der Waals surface area contributed by atoms with Crippen LogP contribution >= 0.6 is 0 Å². The molecular formula is C16H31N3O3S. The molecule has 0 radical (unpaired) electrons. The number of carbonyl (C=O) groups excluding carboxylic acids is 1. The molecule has 0 bridgehead atoms. The highest BCUT2D eigenvalue weighted by atomic mass is 32.2. The van der Waals surface area contributed by atoms with E-state index in [1.54, 1.807) is 0 Å². The van der Waals surface area contributed by atoms with E-state index < -0.39 is 10.0 Å². The topological polar surface area (TPSA) is 69.7 Å². The van der Waals surface area contributed by atoms with Gasteiger partial charge in [0.25, 0.3) is 0 Å². The van der Waals surface area contributed by atoms with Crippen molar-refractivity contribution >= 4 is 15.9 Å². The third kappa shape index (κ3) is 5.43. The van der Waals surface area contributed by atoms with E-state index in [-0.39, 0.29) is 17.7 Å². The fourth-order valence-corrected chi connectivity index (χ4v) is 4.50. The lowest BCUT2D eigenvalue weighted by molar-refractivity contribution is -0.126. The number of amides is 1. The molecule has 0 aromatic rings. The quantitative estimate of drug-likeness (QED) is 0.804. The number of likely N-dealkylation sites (tertiary alicyclic amines) is 1. The smallest absolute Gasteiger partial charge is 0.223 e. The van der Waals surface area contributed by atoms with Gasteiger partial charge in [-0.15, -0.1) is 0 Å². The average Bonchev–Trinajstić information content (AvgIpc) is 2.52. The molecule has 2 fully saturated rings. The van der Waals surface area contributed by atoms with Crippen molar-refractivity contribution in [3.8, 4) is 0 Å². The summed E-state index contributed by atoms with van der Waals surface area (Å²) >= 11 is 0. The normalized spacial score (nSPS) is 25.7. The lowest BCUT2D eigenvalue weighted by Crippen LogP contribution is -2.46. The summed E-state index contributed by atoms with van der Waals surface area (Å²) in [5, 5.41) is 3.06. The highest BCUT2D eigenvalue weighted by Gasteiger charge is 2.28. The van der Waals surface area contributed by atoms with Gasteiger partial charge in [0.05, 0.1) is 6.26 Å². The van der Waals surface area contributed by atoms with Crippen molar-refractivity contribution < 1.29 is 13.2 Å². The van der Waals surface area contributed by atoms with Gasteiger partial charge in [-0.1, -0.05) is 0 Å². The molecule has 0 aromatic heterocycles. The molecule has 0 saturated carbocycles. The molecule has 2 heterocycles. The summed E-state index contributed by atoms with van der Waals surface area (Å²) in [6.45, 7) is 8.09. The first-order valence-electron chi connectivity index (χ1n) is 8.74. The first-order chi connectivity index (χ1) is 10.8. The molecule has 0 aliphatic carbocycles. The van der Waals surface area contributed by atoms with Gasteiger partial charge < -0.3 is 10.2 Å². The second kappa shape index (κ2) is 7.94. The van der Waals surface area contributed by atoms with E-state index in [4.69, 9.17) is 0 Å². The Bertz CT molecular complexity index is 499. The average molecular weight is 346 g/mol. The molecule has 2 rings (SSSR count). The monoisotopic (exact) mass is 345 g/mol. The molecule has 134 valence electrons. The molecule has 23 heavy (non-hydrogen) atoms. The summed E-state index contributed by atoms with van der Waals surface area (Å²) in [5.74, 6) is 0.489. The van der Waals surface area contributed by atoms with Crippen LogP contribution in [-0.2, 0) is 14.8 Å². The molecule has 1 N–H and O–H groups in total. The van der Waals surface area contributed by atoms with Crippen molar-refractivity contribution in [2.24, 2.45) is 11.8 Å². The SMILES string of the molecule is CC(C)N1CCC(C(=O)NC[C@H]2CCCN(S(C)(=O)=O)C2)CC1. The molecule has 2 aliphatic rings. The summed E-state index contributed by atoms with van der Waals surface area (Å²) in [6.07, 6.45) is 4.96. The van der Waals surface area contributed by atoms with Gasteiger partial charge in [0, 0.05) is 31.6 Å². The van der Waals surface area contributed by atoms with Crippen LogP contribution in [0.1, 0.15) is 39.5 Å². The van der Waals surface area contributed by atoms with Crippen molar-refractivity contribution in [2.45, 2.75) is 45.6 Å². The van der Waals surface area contributed by atoms with Gasteiger partial charge in [-0.3, -0.25) is 4.79 Å². The van der Waals surface area contributed by atoms with Gasteiger partial charge in [0.2, 0.25) is 15.9 Å². The molecular weight excluding hydrogens is 314 g/mol. The Labute approximate surface area is 140 Å². The second-order valence-corrected chi connectivity index (χ2v) is 9.26. The fraction of sp³-hybridized carbons (Fsp3) is 0.938. The minimum Gasteiger partial charge on any atom is -0.356 e. The van der Waals surface area contributed by atoms with Gasteiger partial charge in [-0.05, 0) is 58.5 Å². The predicted molar refractivity (Wildman–Crippen MR) is 91.6 cm³/mol. The van der Waals surface area contributed by atoms with Gasteiger partial charge in [0.1, 0.15) is 0 Å². The van der Waals surface area contributed by atoms with E-state index in [2.05, 4.69) is 24.1 Å². The zero-order valence-corrected chi connectivity index (χ0v) is 15.4. The first kappa shape index (κ1) is 18.7. The van der Waals surface area contributed by atoms with Crippen LogP contribution in [0.3, 0.4) is 0 Å². The zero-order valence-electron chi connectivity index (χ0n) is 14.6. The number of hydrogen-bond donors (Lipinski definition) is 1. The summed E-state index contributed by atoms with van der Waals surface area (Å²) in [6, 6.07) is 0.545. The summed E-state index contributed by atoms with van der Waals surface area (Å²) in [5.41, 5.74) is 0. The van der Waals surface area contributed by atoms with Crippen LogP contribution in [0.2, 0.25) is 0 Å². The fourth-order valence-electron chi connectivity index (χ4n) is 3.56. The van der Waals surface area contributed by atoms with E-state index in [9.17, 15) is 13.2 Å². The number of nitrogens with one attached hydrogen (secondary N) is 1. The Hall–Kier alpha value is -0.660. The van der Waals surface area contributed by atoms with Crippen LogP contribution in [0.15, 0.2) is 0 Å². The largest absolute Gasteiger partial charge is 0.356 e. The number of sulfonamides is 1. The van der Waals surface area contributed by atoms with Gasteiger partial charge >= 0.3 is 0 Å². The summed E-state index contributed by atoms with van der Waals surface area (Å²) in [4.78, 5) is 14.7. The third-order valence-electron chi connectivity index (χ3n) is 5.15. The van der Waals surface area contributed by atoms with E-state index in [1.807, 2.05) is 0 Å². The Morgan fingerprint density at radius 1 is 1.17 bits per heavy atom. The van der Waals surface area contributed by atoms with Crippen molar-refractivity contribution in [3.05, 3.63) is 0 Å². The lowest BCUT2D eigenvalue weighted by Gasteiger charge is -2.34. The Morgan fingerprint density at radius 3 is 2.39 bits per heavy atom. The van der Waals surface area contributed by atoms with Crippen molar-refractivity contribution in [1.29, 1.82) is 0 Å². The highest BCUT2D eigenvalue weighted by Crippen LogP contribution is 2.21. The van der Waals surface area contributed by atoms with E-state index in [1.165, 1.54) is 10.6 Å². The number of carbonyl (C=O) groups is 1. The molecule has 0 aromatic carbocycles. The zero-order chi connectivity index (χ0) is 17.0. The van der Waals surface area contributed by atoms with Crippen LogP contribution in [0, 0.1) is 11.8 Å². The van der Waals surface area contributed by atoms with E-state index >= 15 is 0 Å². The number of piperidine rings is 2. The van der Waals surface area contributed by atoms with Crippen LogP contribution in [0.4, 0.5) is 0 Å². The summed E-state index contributed by atoms with van der Waals surface area (Å²) in [7, 11) is -3.12. The standard InChI is InChI=1S/C16H31N3O3S/c1-13(2)18-9-6-15(7-10-18)16(20)17-11-14-5-4-8-19(12-14)23(3,21)22/h13-15H,4-12H2,1-3H3,(H,17,20)/t14-/m1/s1. The van der Waals surface area contributed by atoms with Crippen molar-refractivity contribution in [3.63, 3.8) is 0 Å². The Kier molecular flexibility index (Phi) is 6.45. The Morgan fingerprint density at radius 2 is 1.83 bits per heavy atom. The van der Waals surface area contributed by atoms with Gasteiger partial charge in [-0.25, -0.2) is 12.7 Å². The summed E-state index contributed by atoms with van der Waals surface area (Å²) < 4.78 is 24.8. The number of hydrogen-bond acceptors (Lipinski definition) is 4. The van der Waals surface area contributed by atoms with Crippen LogP contribution < -0.4 is 5.32 Å². The van der Waals surface area contributed by atoms with Crippen molar-refractivity contribution in [2.75, 3.05) is 39.0 Å². The van der Waals surface area contributed by atoms with Crippen molar-refractivity contribution in [1.82, 2.24) is 14.5 Å². The van der Waals surface area contributed by atoms with E-state index in [0.29, 0.717) is 25.7 Å². The predicted octanol–water partition coefficient (Wildman–Crippen LogP) is 0.895. The lowest BCUT2D eigenvalue weighted by atomic mass is 9.94. The van der Waals surface area contributed by atoms with E-state index in [0.717, 1.165) is 38.8 Å². The molecule has 6 nitrogen and oxygen atoms in total.